The van der Waals surface area contributed by atoms with Crippen LogP contribution in [0.3, 0.4) is 0 Å². The Kier molecular flexibility index (Phi) is 5.25. The van der Waals surface area contributed by atoms with Gasteiger partial charge in [0, 0.05) is 35.8 Å². The molecule has 0 amide bonds. The van der Waals surface area contributed by atoms with Crippen molar-refractivity contribution >= 4 is 21.6 Å². The van der Waals surface area contributed by atoms with E-state index >= 15 is 0 Å². The first kappa shape index (κ1) is 14.8. The number of nitrogens with one attached hydrogen (secondary N) is 1. The van der Waals surface area contributed by atoms with Crippen LogP contribution in [-0.2, 0) is 0 Å². The number of anilines is 1. The SMILES string of the molecule is CC1CCN(c2cccc(Br)c2)C(CN(C)C)CN1. The Morgan fingerprint density at radius 2 is 2.21 bits per heavy atom. The van der Waals surface area contributed by atoms with E-state index in [-0.39, 0.29) is 0 Å². The van der Waals surface area contributed by atoms with Crippen molar-refractivity contribution in [1.82, 2.24) is 10.2 Å². The van der Waals surface area contributed by atoms with Crippen molar-refractivity contribution in [2.45, 2.75) is 25.4 Å². The zero-order chi connectivity index (χ0) is 13.8. The van der Waals surface area contributed by atoms with E-state index in [1.165, 1.54) is 12.1 Å². The predicted molar refractivity (Wildman–Crippen MR) is 85.9 cm³/mol. The van der Waals surface area contributed by atoms with Gasteiger partial charge in [-0.15, -0.1) is 0 Å². The quantitative estimate of drug-likeness (QED) is 0.921. The maximum Gasteiger partial charge on any atom is 0.0541 e. The summed E-state index contributed by atoms with van der Waals surface area (Å²) in [5, 5.41) is 3.63. The van der Waals surface area contributed by atoms with Gasteiger partial charge in [0.05, 0.1) is 6.04 Å². The van der Waals surface area contributed by atoms with Crippen molar-refractivity contribution in [2.24, 2.45) is 0 Å². The minimum atomic E-state index is 0.522. The van der Waals surface area contributed by atoms with Crippen molar-refractivity contribution in [2.75, 3.05) is 38.6 Å². The van der Waals surface area contributed by atoms with E-state index < -0.39 is 0 Å². The molecular formula is C15H24BrN3. The van der Waals surface area contributed by atoms with E-state index in [0.717, 1.165) is 24.1 Å². The van der Waals surface area contributed by atoms with Crippen LogP contribution in [0.15, 0.2) is 28.7 Å². The molecule has 1 heterocycles. The van der Waals surface area contributed by atoms with Gasteiger partial charge >= 0.3 is 0 Å². The third-order valence-corrected chi connectivity index (χ3v) is 4.15. The minimum absolute atomic E-state index is 0.522. The highest BCUT2D eigenvalue weighted by atomic mass is 79.9. The second-order valence-electron chi connectivity index (χ2n) is 5.69. The van der Waals surface area contributed by atoms with Crippen LogP contribution in [0.5, 0.6) is 0 Å². The number of rotatable bonds is 3. The molecule has 1 aromatic rings. The third-order valence-electron chi connectivity index (χ3n) is 3.66. The Hall–Kier alpha value is -0.580. The highest BCUT2D eigenvalue weighted by Gasteiger charge is 2.24. The lowest BCUT2D eigenvalue weighted by molar-refractivity contribution is 0.359. The molecule has 0 aromatic heterocycles. The largest absolute Gasteiger partial charge is 0.366 e. The first-order valence-corrected chi connectivity index (χ1v) is 7.76. The molecule has 2 unspecified atom stereocenters. The summed E-state index contributed by atoms with van der Waals surface area (Å²) in [6.07, 6.45) is 1.19. The van der Waals surface area contributed by atoms with Crippen LogP contribution in [0, 0.1) is 0 Å². The number of benzene rings is 1. The van der Waals surface area contributed by atoms with E-state index in [4.69, 9.17) is 0 Å². The van der Waals surface area contributed by atoms with E-state index in [1.54, 1.807) is 0 Å². The topological polar surface area (TPSA) is 18.5 Å². The fourth-order valence-corrected chi connectivity index (χ4v) is 3.03. The summed E-state index contributed by atoms with van der Waals surface area (Å²) < 4.78 is 1.15. The average Bonchev–Trinajstić information content (AvgIpc) is 2.52. The lowest BCUT2D eigenvalue weighted by Crippen LogP contribution is -2.46. The van der Waals surface area contributed by atoms with Crippen molar-refractivity contribution in [3.63, 3.8) is 0 Å². The summed E-state index contributed by atoms with van der Waals surface area (Å²) in [6, 6.07) is 9.76. The zero-order valence-corrected chi connectivity index (χ0v) is 13.7. The van der Waals surface area contributed by atoms with E-state index in [1.807, 2.05) is 0 Å². The summed E-state index contributed by atoms with van der Waals surface area (Å²) in [5.74, 6) is 0. The zero-order valence-electron chi connectivity index (χ0n) is 12.1. The van der Waals surface area contributed by atoms with E-state index in [2.05, 4.69) is 76.3 Å². The average molecular weight is 326 g/mol. The van der Waals surface area contributed by atoms with Crippen molar-refractivity contribution in [3.8, 4) is 0 Å². The molecule has 0 bridgehead atoms. The van der Waals surface area contributed by atoms with Crippen LogP contribution >= 0.6 is 15.9 Å². The Morgan fingerprint density at radius 1 is 1.42 bits per heavy atom. The molecule has 106 valence electrons. The molecule has 3 nitrogen and oxygen atoms in total. The van der Waals surface area contributed by atoms with Crippen molar-refractivity contribution in [1.29, 1.82) is 0 Å². The van der Waals surface area contributed by atoms with Crippen LogP contribution in [0.25, 0.3) is 0 Å². The molecule has 1 fully saturated rings. The molecule has 0 radical (unpaired) electrons. The van der Waals surface area contributed by atoms with Gasteiger partial charge in [-0.2, -0.15) is 0 Å². The molecule has 0 saturated carbocycles. The Labute approximate surface area is 125 Å². The molecule has 2 rings (SSSR count). The number of hydrogen-bond acceptors (Lipinski definition) is 3. The molecule has 0 spiro atoms. The lowest BCUT2D eigenvalue weighted by atomic mass is 10.2. The highest BCUT2D eigenvalue weighted by molar-refractivity contribution is 9.10. The minimum Gasteiger partial charge on any atom is -0.366 e. The molecule has 1 aliphatic rings. The molecule has 4 heteroatoms. The summed E-state index contributed by atoms with van der Waals surface area (Å²) in [7, 11) is 4.29. The van der Waals surface area contributed by atoms with Gasteiger partial charge in [0.15, 0.2) is 0 Å². The molecule has 1 N–H and O–H groups in total. The van der Waals surface area contributed by atoms with Gasteiger partial charge < -0.3 is 15.1 Å². The van der Waals surface area contributed by atoms with Crippen molar-refractivity contribution in [3.05, 3.63) is 28.7 Å². The smallest absolute Gasteiger partial charge is 0.0541 e. The lowest BCUT2D eigenvalue weighted by Gasteiger charge is -2.33. The van der Waals surface area contributed by atoms with Crippen LogP contribution < -0.4 is 10.2 Å². The molecule has 1 saturated heterocycles. The first-order valence-electron chi connectivity index (χ1n) is 6.96. The molecule has 2 atom stereocenters. The fourth-order valence-electron chi connectivity index (χ4n) is 2.64. The number of nitrogens with zero attached hydrogens (tertiary/aromatic N) is 2. The Morgan fingerprint density at radius 3 is 2.89 bits per heavy atom. The Bertz CT molecular complexity index is 408. The van der Waals surface area contributed by atoms with Gasteiger partial charge in [0.25, 0.3) is 0 Å². The van der Waals surface area contributed by atoms with Gasteiger partial charge in [-0.1, -0.05) is 22.0 Å². The van der Waals surface area contributed by atoms with E-state index in [0.29, 0.717) is 12.1 Å². The highest BCUT2D eigenvalue weighted by Crippen LogP contribution is 2.23. The molecule has 1 aliphatic heterocycles. The summed E-state index contributed by atoms with van der Waals surface area (Å²) >= 11 is 3.58. The van der Waals surface area contributed by atoms with Crippen molar-refractivity contribution < 1.29 is 0 Å². The maximum atomic E-state index is 3.63. The van der Waals surface area contributed by atoms with Crippen LogP contribution in [-0.4, -0.2) is 50.7 Å². The van der Waals surface area contributed by atoms with Crippen LogP contribution in [0.1, 0.15) is 13.3 Å². The number of hydrogen-bond donors (Lipinski definition) is 1. The second kappa shape index (κ2) is 6.73. The summed E-state index contributed by atoms with van der Waals surface area (Å²) in [6.45, 7) is 5.51. The second-order valence-corrected chi connectivity index (χ2v) is 6.60. The van der Waals surface area contributed by atoms with Gasteiger partial charge in [0.1, 0.15) is 0 Å². The standard InChI is InChI=1S/C15H24BrN3/c1-12-7-8-19(14-6-4-5-13(16)9-14)15(10-17-12)11-18(2)3/h4-6,9,12,15,17H,7-8,10-11H2,1-3H3. The number of halogens is 1. The molecule has 19 heavy (non-hydrogen) atoms. The first-order chi connectivity index (χ1) is 9.06. The van der Waals surface area contributed by atoms with Gasteiger partial charge in [-0.05, 0) is 45.6 Å². The van der Waals surface area contributed by atoms with Crippen LogP contribution in [0.4, 0.5) is 5.69 Å². The molecule has 1 aromatic carbocycles. The van der Waals surface area contributed by atoms with Gasteiger partial charge in [0.2, 0.25) is 0 Å². The Balaban J connectivity index is 2.21. The number of likely N-dealkylation sites (N-methyl/N-ethyl adjacent to an activating group) is 1. The van der Waals surface area contributed by atoms with Crippen LogP contribution in [0.2, 0.25) is 0 Å². The van der Waals surface area contributed by atoms with E-state index in [9.17, 15) is 0 Å². The fraction of sp³-hybridized carbons (Fsp3) is 0.600. The maximum absolute atomic E-state index is 3.63. The van der Waals surface area contributed by atoms with Gasteiger partial charge in [-0.25, -0.2) is 0 Å². The van der Waals surface area contributed by atoms with Gasteiger partial charge in [-0.3, -0.25) is 0 Å². The molecule has 0 aliphatic carbocycles. The summed E-state index contributed by atoms with van der Waals surface area (Å²) in [4.78, 5) is 4.81. The molecular weight excluding hydrogens is 302 g/mol. The third kappa shape index (κ3) is 4.20. The monoisotopic (exact) mass is 325 g/mol. The predicted octanol–water partition coefficient (Wildman–Crippen LogP) is 2.57. The summed E-state index contributed by atoms with van der Waals surface area (Å²) in [5.41, 5.74) is 1.32. The normalized spacial score (nSPS) is 24.6.